The summed E-state index contributed by atoms with van der Waals surface area (Å²) >= 11 is 8.19. The normalized spacial score (nSPS) is 18.0. The maximum atomic E-state index is 13.5. The van der Waals surface area contributed by atoms with Crippen molar-refractivity contribution in [3.05, 3.63) is 36.0 Å². The Morgan fingerprint density at radius 1 is 1.05 bits per heavy atom. The van der Waals surface area contributed by atoms with E-state index in [2.05, 4.69) is 46.2 Å². The predicted molar refractivity (Wildman–Crippen MR) is 161 cm³/mol. The molecule has 2 aromatic rings. The van der Waals surface area contributed by atoms with Gasteiger partial charge in [0.15, 0.2) is 0 Å². The van der Waals surface area contributed by atoms with Crippen molar-refractivity contribution in [1.82, 2.24) is 25.8 Å². The first-order valence-electron chi connectivity index (χ1n) is 13.4. The van der Waals surface area contributed by atoms with Crippen LogP contribution in [0, 0.1) is 5.92 Å². The number of carbonyl (C=O) groups excluding carboxylic acids is 4. The van der Waals surface area contributed by atoms with Gasteiger partial charge >= 0.3 is 5.97 Å². The Labute approximate surface area is 249 Å². The van der Waals surface area contributed by atoms with Crippen LogP contribution in [0.4, 0.5) is 0 Å². The fourth-order valence-electron chi connectivity index (χ4n) is 4.81. The second-order valence-corrected chi connectivity index (χ2v) is 11.1. The molecule has 0 bridgehead atoms. The first kappa shape index (κ1) is 32.3. The third kappa shape index (κ3) is 7.95. The number of nitrogens with zero attached hydrogens (tertiary/aromatic N) is 1. The van der Waals surface area contributed by atoms with Gasteiger partial charge in [-0.25, -0.2) is 4.79 Å². The Morgan fingerprint density at radius 2 is 1.73 bits per heavy atom. The first-order chi connectivity index (χ1) is 19.5. The lowest BCUT2D eigenvalue weighted by atomic mass is 10.0. The van der Waals surface area contributed by atoms with Crippen LogP contribution in [0.15, 0.2) is 30.5 Å². The topological polar surface area (TPSA) is 187 Å². The van der Waals surface area contributed by atoms with E-state index < -0.39 is 59.8 Å². The number of para-hydroxylation sites is 1. The lowest BCUT2D eigenvalue weighted by Gasteiger charge is -2.31. The van der Waals surface area contributed by atoms with Crippen molar-refractivity contribution in [3.8, 4) is 0 Å². The van der Waals surface area contributed by atoms with E-state index in [-0.39, 0.29) is 30.4 Å². The molecule has 0 radical (unpaired) electrons. The smallest absolute Gasteiger partial charge is 0.327 e. The largest absolute Gasteiger partial charge is 0.480 e. The zero-order valence-electron chi connectivity index (χ0n) is 23.0. The zero-order valence-corrected chi connectivity index (χ0v) is 24.8. The summed E-state index contributed by atoms with van der Waals surface area (Å²) in [7, 11) is 0. The summed E-state index contributed by atoms with van der Waals surface area (Å²) in [6.07, 6.45) is 2.95. The fourth-order valence-corrected chi connectivity index (χ4v) is 5.31. The number of nitrogens with two attached hydrogens (primary N) is 1. The highest BCUT2D eigenvalue weighted by Gasteiger charge is 2.40. The van der Waals surface area contributed by atoms with Gasteiger partial charge in [-0.3, -0.25) is 19.2 Å². The van der Waals surface area contributed by atoms with Crippen LogP contribution < -0.4 is 21.7 Å². The lowest BCUT2D eigenvalue weighted by molar-refractivity contribution is -0.145. The number of hydrogen-bond acceptors (Lipinski definition) is 8. The number of H-pyrrole nitrogens is 1. The number of rotatable bonds is 13. The summed E-state index contributed by atoms with van der Waals surface area (Å²) in [5.41, 5.74) is 7.96. The Kier molecular flexibility index (Phi) is 11.5. The van der Waals surface area contributed by atoms with E-state index in [1.54, 1.807) is 20.0 Å². The number of carbonyl (C=O) groups is 5. The number of likely N-dealkylation sites (tertiary alicyclic amines) is 1. The van der Waals surface area contributed by atoms with Gasteiger partial charge in [-0.05, 0) is 36.8 Å². The summed E-state index contributed by atoms with van der Waals surface area (Å²) in [5.74, 6) is -3.91. The molecule has 0 aliphatic carbocycles. The van der Waals surface area contributed by atoms with Gasteiger partial charge in [-0.15, -0.1) is 0 Å². The Hall–Kier alpha value is -3.23. The van der Waals surface area contributed by atoms with Crippen LogP contribution in [0.25, 0.3) is 10.9 Å². The number of thiol groups is 2. The number of carboxylic acid groups (broad SMARTS) is 1. The Bertz CT molecular complexity index is 1270. The average Bonchev–Trinajstić information content (AvgIpc) is 3.60. The fraction of sp³-hybridized carbons (Fsp3) is 0.519. The van der Waals surface area contributed by atoms with E-state index in [1.165, 1.54) is 4.90 Å². The number of fused-ring (bicyclic) bond motifs is 1. The van der Waals surface area contributed by atoms with E-state index in [0.29, 0.717) is 12.8 Å². The molecule has 1 aromatic carbocycles. The molecule has 1 aliphatic rings. The summed E-state index contributed by atoms with van der Waals surface area (Å²) in [6, 6.07) is 2.61. The van der Waals surface area contributed by atoms with Gasteiger partial charge in [0.05, 0.1) is 6.04 Å². The third-order valence-corrected chi connectivity index (χ3v) is 7.86. The van der Waals surface area contributed by atoms with Crippen molar-refractivity contribution in [2.75, 3.05) is 18.1 Å². The predicted octanol–water partition coefficient (Wildman–Crippen LogP) is 0.0833. The highest BCUT2D eigenvalue weighted by molar-refractivity contribution is 7.80. The molecule has 1 aliphatic heterocycles. The maximum absolute atomic E-state index is 13.5. The monoisotopic (exact) mass is 606 g/mol. The molecule has 3 rings (SSSR count). The molecule has 14 heteroatoms. The molecule has 41 heavy (non-hydrogen) atoms. The van der Waals surface area contributed by atoms with Gasteiger partial charge in [0, 0.05) is 35.2 Å². The number of aliphatic carboxylic acids is 1. The van der Waals surface area contributed by atoms with E-state index >= 15 is 0 Å². The highest BCUT2D eigenvalue weighted by atomic mass is 32.1. The minimum atomic E-state index is -1.22. The van der Waals surface area contributed by atoms with Crippen molar-refractivity contribution < 1.29 is 29.1 Å². The molecule has 0 saturated carbocycles. The number of aromatic amines is 1. The summed E-state index contributed by atoms with van der Waals surface area (Å²) in [5, 5.41) is 18.0. The molecule has 1 saturated heterocycles. The third-order valence-electron chi connectivity index (χ3n) is 7.13. The van der Waals surface area contributed by atoms with Gasteiger partial charge in [-0.1, -0.05) is 32.0 Å². The van der Waals surface area contributed by atoms with Crippen molar-refractivity contribution >= 4 is 65.8 Å². The molecule has 7 N–H and O–H groups in total. The van der Waals surface area contributed by atoms with Crippen molar-refractivity contribution in [3.63, 3.8) is 0 Å². The van der Waals surface area contributed by atoms with Crippen LogP contribution in [-0.4, -0.2) is 92.8 Å². The van der Waals surface area contributed by atoms with Gasteiger partial charge in [-0.2, -0.15) is 25.3 Å². The number of amides is 4. The molecule has 1 aromatic heterocycles. The highest BCUT2D eigenvalue weighted by Crippen LogP contribution is 2.21. The summed E-state index contributed by atoms with van der Waals surface area (Å²) in [6.45, 7) is 3.78. The molecule has 224 valence electrons. The molecule has 5 atom stereocenters. The summed E-state index contributed by atoms with van der Waals surface area (Å²) < 4.78 is 0. The lowest BCUT2D eigenvalue weighted by Crippen LogP contribution is -2.60. The molecule has 1 fully saturated rings. The quantitative estimate of drug-likeness (QED) is 0.148. The van der Waals surface area contributed by atoms with Gasteiger partial charge in [0.25, 0.3) is 0 Å². The molecular weight excluding hydrogens is 568 g/mol. The van der Waals surface area contributed by atoms with Gasteiger partial charge in [0.1, 0.15) is 24.2 Å². The molecule has 0 spiro atoms. The maximum Gasteiger partial charge on any atom is 0.327 e. The number of aromatic nitrogens is 1. The van der Waals surface area contributed by atoms with Crippen LogP contribution in [0.3, 0.4) is 0 Å². The Balaban J connectivity index is 1.64. The van der Waals surface area contributed by atoms with Crippen LogP contribution in [-0.2, 0) is 30.4 Å². The number of hydrogen-bond donors (Lipinski definition) is 8. The van der Waals surface area contributed by atoms with E-state index in [1.807, 2.05) is 24.3 Å². The van der Waals surface area contributed by atoms with Gasteiger partial charge in [0.2, 0.25) is 23.6 Å². The second kappa shape index (κ2) is 14.6. The Morgan fingerprint density at radius 3 is 2.37 bits per heavy atom. The first-order valence-corrected chi connectivity index (χ1v) is 14.7. The SMILES string of the molecule is CC(C)[C@H](NC(=O)[C@H](CS)NC(=O)[C@@H](N)Cc1c[nH]c2ccccc12)C(=O)N1CCC[C@H]1C(=O)N[C@@H](CS)C(=O)O. The number of carboxylic acids is 1. The molecule has 12 nitrogen and oxygen atoms in total. The molecule has 4 amide bonds. The van der Waals surface area contributed by atoms with E-state index in [4.69, 9.17) is 5.73 Å². The van der Waals surface area contributed by atoms with Gasteiger partial charge < -0.3 is 36.7 Å². The molecule has 2 heterocycles. The van der Waals surface area contributed by atoms with Crippen molar-refractivity contribution in [2.45, 2.75) is 63.3 Å². The molecule has 0 unspecified atom stereocenters. The zero-order chi connectivity index (χ0) is 30.3. The van der Waals surface area contributed by atoms with Crippen LogP contribution >= 0.6 is 25.3 Å². The van der Waals surface area contributed by atoms with E-state index in [9.17, 15) is 29.1 Å². The molecular formula is C27H38N6O6S2. The number of nitrogens with one attached hydrogen (secondary N) is 4. The number of benzene rings is 1. The minimum Gasteiger partial charge on any atom is -0.480 e. The van der Waals surface area contributed by atoms with Crippen molar-refractivity contribution in [1.29, 1.82) is 0 Å². The standard InChI is InChI=1S/C27H38N6O6S2/c1-14(2)22(26(37)33-9-5-8-21(33)25(36)31-20(13-41)27(38)39)32-24(35)19(12-40)30-23(34)17(28)10-15-11-29-18-7-4-3-6-16(15)18/h3-4,6-7,11,14,17,19-22,29,40-41H,5,8-10,12-13,28H2,1-2H3,(H,30,34)(H,31,36)(H,32,35)(H,38,39)/t17-,19-,20-,21-,22-/m0/s1. The van der Waals surface area contributed by atoms with Crippen LogP contribution in [0.1, 0.15) is 32.3 Å². The summed E-state index contributed by atoms with van der Waals surface area (Å²) in [4.78, 5) is 68.2. The van der Waals surface area contributed by atoms with Crippen LogP contribution in [0.2, 0.25) is 0 Å². The van der Waals surface area contributed by atoms with E-state index in [0.717, 1.165) is 16.5 Å². The average molecular weight is 607 g/mol. The minimum absolute atomic E-state index is 0.0363. The second-order valence-electron chi connectivity index (χ2n) is 10.4. The van der Waals surface area contributed by atoms with Crippen LogP contribution in [0.5, 0.6) is 0 Å². The van der Waals surface area contributed by atoms with Crippen molar-refractivity contribution in [2.24, 2.45) is 11.7 Å².